The van der Waals surface area contributed by atoms with Crippen molar-refractivity contribution >= 4 is 62.9 Å². The van der Waals surface area contributed by atoms with Gasteiger partial charge in [0.25, 0.3) is 5.91 Å². The van der Waals surface area contributed by atoms with E-state index in [2.05, 4.69) is 15.9 Å². The average molecular weight is 611 g/mol. The summed E-state index contributed by atoms with van der Waals surface area (Å²) in [4.78, 5) is 45.0. The zero-order valence-corrected chi connectivity index (χ0v) is 24.4. The van der Waals surface area contributed by atoms with Gasteiger partial charge in [0.1, 0.15) is 11.1 Å². The lowest BCUT2D eigenvalue weighted by atomic mass is 9.88. The van der Waals surface area contributed by atoms with Crippen molar-refractivity contribution in [2.75, 3.05) is 18.0 Å². The number of benzene rings is 2. The van der Waals surface area contributed by atoms with Crippen LogP contribution < -0.4 is 4.90 Å². The maximum atomic E-state index is 14.0. The SMILES string of the molecule is CC(C)(C)OC(=O)N1CCC(N2C(=O)N(c3cc(Cl)cc(Cl)c3)C(=O)C2(C)Cc2ccc(Br)cc2)CC1. The minimum Gasteiger partial charge on any atom is -0.444 e. The van der Waals surface area contributed by atoms with Crippen molar-refractivity contribution in [3.63, 3.8) is 0 Å². The van der Waals surface area contributed by atoms with Gasteiger partial charge < -0.3 is 14.5 Å². The molecule has 2 aliphatic heterocycles. The van der Waals surface area contributed by atoms with Crippen molar-refractivity contribution in [1.82, 2.24) is 9.80 Å². The van der Waals surface area contributed by atoms with Crippen LogP contribution in [0.15, 0.2) is 46.9 Å². The second-order valence-corrected chi connectivity index (χ2v) is 12.5. The highest BCUT2D eigenvalue weighted by molar-refractivity contribution is 9.10. The van der Waals surface area contributed by atoms with Crippen LogP contribution in [0.3, 0.4) is 0 Å². The molecule has 1 atom stereocenters. The fourth-order valence-corrected chi connectivity index (χ4v) is 5.78. The molecule has 1 unspecified atom stereocenters. The Labute approximate surface area is 235 Å². The predicted molar refractivity (Wildman–Crippen MR) is 148 cm³/mol. The summed E-state index contributed by atoms with van der Waals surface area (Å²) < 4.78 is 6.45. The number of anilines is 1. The summed E-state index contributed by atoms with van der Waals surface area (Å²) >= 11 is 15.9. The van der Waals surface area contributed by atoms with Crippen LogP contribution in [-0.2, 0) is 16.0 Å². The van der Waals surface area contributed by atoms with E-state index in [-0.39, 0.29) is 18.0 Å². The van der Waals surface area contributed by atoms with Gasteiger partial charge in [0, 0.05) is 40.1 Å². The Bertz CT molecular complexity index is 1190. The second-order valence-electron chi connectivity index (χ2n) is 10.7. The van der Waals surface area contributed by atoms with E-state index in [0.717, 1.165) is 10.0 Å². The molecule has 0 radical (unpaired) electrons. The van der Waals surface area contributed by atoms with Crippen molar-refractivity contribution < 1.29 is 19.1 Å². The molecule has 37 heavy (non-hydrogen) atoms. The predicted octanol–water partition coefficient (Wildman–Crippen LogP) is 6.93. The Morgan fingerprint density at radius 2 is 1.62 bits per heavy atom. The molecule has 2 fully saturated rings. The summed E-state index contributed by atoms with van der Waals surface area (Å²) in [5.74, 6) is -0.340. The molecule has 0 saturated carbocycles. The standard InChI is InChI=1S/C27H30BrCl2N3O4/c1-26(2,3)37-25(36)31-11-9-21(10-12-31)33-24(35)32(22-14-19(29)13-20(30)15-22)23(34)27(33,4)16-17-5-7-18(28)8-6-17/h5-8,13-15,21H,9-12,16H2,1-4H3. The Morgan fingerprint density at radius 1 is 1.05 bits per heavy atom. The third-order valence-electron chi connectivity index (χ3n) is 6.64. The number of hydrogen-bond acceptors (Lipinski definition) is 4. The lowest BCUT2D eigenvalue weighted by molar-refractivity contribution is -0.125. The van der Waals surface area contributed by atoms with E-state index in [0.29, 0.717) is 48.1 Å². The van der Waals surface area contributed by atoms with E-state index < -0.39 is 17.2 Å². The van der Waals surface area contributed by atoms with Crippen molar-refractivity contribution in [2.24, 2.45) is 0 Å². The normalized spacial score (nSPS) is 21.1. The fraction of sp³-hybridized carbons (Fsp3) is 0.444. The smallest absolute Gasteiger partial charge is 0.410 e. The van der Waals surface area contributed by atoms with Crippen LogP contribution in [0.5, 0.6) is 0 Å². The van der Waals surface area contributed by atoms with Crippen LogP contribution >= 0.6 is 39.1 Å². The third kappa shape index (κ3) is 5.91. The molecule has 7 nitrogen and oxygen atoms in total. The molecule has 4 amide bonds. The number of nitrogens with zero attached hydrogens (tertiary/aromatic N) is 3. The van der Waals surface area contributed by atoms with E-state index in [1.807, 2.05) is 52.0 Å². The van der Waals surface area contributed by atoms with E-state index in [4.69, 9.17) is 27.9 Å². The largest absolute Gasteiger partial charge is 0.444 e. The third-order valence-corrected chi connectivity index (χ3v) is 7.61. The maximum absolute atomic E-state index is 14.0. The Morgan fingerprint density at radius 3 is 2.16 bits per heavy atom. The molecule has 2 aromatic carbocycles. The lowest BCUT2D eigenvalue weighted by Gasteiger charge is -2.42. The van der Waals surface area contributed by atoms with E-state index in [9.17, 15) is 14.4 Å². The van der Waals surface area contributed by atoms with E-state index >= 15 is 0 Å². The summed E-state index contributed by atoms with van der Waals surface area (Å²) in [5, 5.41) is 0.670. The number of imide groups is 1. The summed E-state index contributed by atoms with van der Waals surface area (Å²) in [5.41, 5.74) is -0.469. The minimum absolute atomic E-state index is 0.241. The molecular weight excluding hydrogens is 581 g/mol. The molecule has 198 valence electrons. The molecule has 4 rings (SSSR count). The number of amides is 4. The highest BCUT2D eigenvalue weighted by Crippen LogP contribution is 2.40. The zero-order chi connectivity index (χ0) is 27.1. The number of rotatable bonds is 4. The molecule has 0 bridgehead atoms. The Hall–Kier alpha value is -2.29. The van der Waals surface area contributed by atoms with Gasteiger partial charge in [-0.15, -0.1) is 0 Å². The lowest BCUT2D eigenvalue weighted by Crippen LogP contribution is -2.56. The van der Waals surface area contributed by atoms with Crippen molar-refractivity contribution in [2.45, 2.75) is 64.1 Å². The number of urea groups is 1. The van der Waals surface area contributed by atoms with Gasteiger partial charge in [-0.05, 0) is 76.4 Å². The van der Waals surface area contributed by atoms with Crippen molar-refractivity contribution in [1.29, 1.82) is 0 Å². The van der Waals surface area contributed by atoms with Crippen LogP contribution in [0.2, 0.25) is 10.0 Å². The zero-order valence-electron chi connectivity index (χ0n) is 21.3. The summed E-state index contributed by atoms with van der Waals surface area (Å²) in [7, 11) is 0. The quantitative estimate of drug-likeness (QED) is 0.352. The van der Waals surface area contributed by atoms with Gasteiger partial charge in [-0.2, -0.15) is 0 Å². The number of halogens is 3. The van der Waals surface area contributed by atoms with Crippen LogP contribution in [0.1, 0.15) is 46.1 Å². The van der Waals surface area contributed by atoms with Crippen LogP contribution in [0.25, 0.3) is 0 Å². The molecule has 0 aromatic heterocycles. The van der Waals surface area contributed by atoms with Crippen LogP contribution in [0.4, 0.5) is 15.3 Å². The average Bonchev–Trinajstić information content (AvgIpc) is 2.98. The molecule has 2 aliphatic rings. The van der Waals surface area contributed by atoms with Gasteiger partial charge >= 0.3 is 12.1 Å². The first-order chi connectivity index (χ1) is 17.3. The van der Waals surface area contributed by atoms with Gasteiger partial charge in [0.15, 0.2) is 0 Å². The highest BCUT2D eigenvalue weighted by atomic mass is 79.9. The van der Waals surface area contributed by atoms with Gasteiger partial charge in [0.2, 0.25) is 0 Å². The first-order valence-corrected chi connectivity index (χ1v) is 13.7. The van der Waals surface area contributed by atoms with E-state index in [1.165, 1.54) is 4.90 Å². The van der Waals surface area contributed by atoms with Gasteiger partial charge in [-0.3, -0.25) is 4.79 Å². The number of carbonyl (C=O) groups is 3. The first-order valence-electron chi connectivity index (χ1n) is 12.1. The maximum Gasteiger partial charge on any atom is 0.410 e. The molecule has 0 aliphatic carbocycles. The van der Waals surface area contributed by atoms with Crippen molar-refractivity contribution in [3.8, 4) is 0 Å². The number of carbonyl (C=O) groups excluding carboxylic acids is 3. The number of piperidine rings is 1. The highest BCUT2D eigenvalue weighted by Gasteiger charge is 2.57. The molecule has 0 N–H and O–H groups in total. The Kier molecular flexibility index (Phi) is 7.84. The molecule has 2 heterocycles. The van der Waals surface area contributed by atoms with Crippen molar-refractivity contribution in [3.05, 3.63) is 62.5 Å². The van der Waals surface area contributed by atoms with Gasteiger partial charge in [0.05, 0.1) is 5.69 Å². The minimum atomic E-state index is -1.14. The Balaban J connectivity index is 1.65. The molecule has 0 spiro atoms. The molecular formula is C27H30BrCl2N3O4. The van der Waals surface area contributed by atoms with Crippen LogP contribution in [0, 0.1) is 0 Å². The van der Waals surface area contributed by atoms with Crippen LogP contribution in [-0.4, -0.2) is 58.1 Å². The summed E-state index contributed by atoms with van der Waals surface area (Å²) in [6.45, 7) is 8.15. The topological polar surface area (TPSA) is 70.2 Å². The van der Waals surface area contributed by atoms with Gasteiger partial charge in [-0.25, -0.2) is 14.5 Å². The van der Waals surface area contributed by atoms with E-state index in [1.54, 1.807) is 28.0 Å². The summed E-state index contributed by atoms with van der Waals surface area (Å²) in [6.07, 6.45) is 1.01. The monoisotopic (exact) mass is 609 g/mol. The molecule has 2 saturated heterocycles. The second kappa shape index (κ2) is 10.5. The molecule has 2 aromatic rings. The number of ether oxygens (including phenoxy) is 1. The molecule has 10 heteroatoms. The number of likely N-dealkylation sites (tertiary alicyclic amines) is 1. The first kappa shape index (κ1) is 27.7. The fourth-order valence-electron chi connectivity index (χ4n) is 5.00. The number of hydrogen-bond donors (Lipinski definition) is 0. The van der Waals surface area contributed by atoms with Gasteiger partial charge in [-0.1, -0.05) is 51.3 Å². The summed E-state index contributed by atoms with van der Waals surface area (Å²) in [6, 6.07) is 11.7.